The molecule has 1 N–H and O–H groups in total. The number of carbonyl (C=O) groups is 2. The molecule has 214 valence electrons. The van der Waals surface area contributed by atoms with Gasteiger partial charge in [0.15, 0.2) is 0 Å². The van der Waals surface area contributed by atoms with Crippen molar-refractivity contribution >= 4 is 27.5 Å². The first-order valence-corrected chi connectivity index (χ1v) is 15.0. The van der Waals surface area contributed by atoms with Crippen molar-refractivity contribution in [3.63, 3.8) is 0 Å². The standard InChI is InChI=1S/C31H39N3O5S/c1-5-7-21-32-31(36)29(6-2)33(22-25-11-9-8-10-12-25)30(35)23-34(26-15-13-24(3)14-16-26)40(37,38)28-19-17-27(39-4)18-20-28/h8-20,29H,5-7,21-23H2,1-4H3,(H,32,36). The Bertz CT molecular complexity index is 1340. The van der Waals surface area contributed by atoms with Gasteiger partial charge in [0.25, 0.3) is 10.0 Å². The average molecular weight is 566 g/mol. The monoisotopic (exact) mass is 565 g/mol. The van der Waals surface area contributed by atoms with Crippen molar-refractivity contribution in [1.82, 2.24) is 10.2 Å². The molecule has 0 spiro atoms. The molecule has 0 aliphatic carbocycles. The number of nitrogens with one attached hydrogen (secondary N) is 1. The fraction of sp³-hybridized carbons (Fsp3) is 0.355. The minimum atomic E-state index is -4.13. The number of unbranched alkanes of at least 4 members (excludes halogenated alkanes) is 1. The van der Waals surface area contributed by atoms with Crippen LogP contribution >= 0.6 is 0 Å². The zero-order valence-electron chi connectivity index (χ0n) is 23.7. The van der Waals surface area contributed by atoms with Crippen LogP contribution in [0.4, 0.5) is 5.69 Å². The number of rotatable bonds is 14. The smallest absolute Gasteiger partial charge is 0.264 e. The third-order valence-corrected chi connectivity index (χ3v) is 8.45. The quantitative estimate of drug-likeness (QED) is 0.280. The Morgan fingerprint density at radius 3 is 2.15 bits per heavy atom. The molecule has 3 rings (SSSR count). The van der Waals surface area contributed by atoms with E-state index >= 15 is 0 Å². The highest BCUT2D eigenvalue weighted by atomic mass is 32.2. The number of anilines is 1. The van der Waals surface area contributed by atoms with Crippen molar-refractivity contribution in [3.8, 4) is 5.75 Å². The number of methoxy groups -OCH3 is 1. The Labute approximate surface area is 238 Å². The number of carbonyl (C=O) groups excluding carboxylic acids is 2. The number of sulfonamides is 1. The highest BCUT2D eigenvalue weighted by Crippen LogP contribution is 2.26. The van der Waals surface area contributed by atoms with Gasteiger partial charge in [-0.05, 0) is 61.7 Å². The summed E-state index contributed by atoms with van der Waals surface area (Å²) in [5.74, 6) is -0.204. The molecule has 1 atom stereocenters. The largest absolute Gasteiger partial charge is 0.497 e. The van der Waals surface area contributed by atoms with Gasteiger partial charge < -0.3 is 15.0 Å². The predicted molar refractivity (Wildman–Crippen MR) is 158 cm³/mol. The maximum Gasteiger partial charge on any atom is 0.264 e. The Balaban J connectivity index is 2.01. The number of aryl methyl sites for hydroxylation is 1. The first kappa shape index (κ1) is 30.7. The molecule has 1 unspecified atom stereocenters. The molecule has 0 saturated heterocycles. The van der Waals surface area contributed by atoms with Crippen molar-refractivity contribution in [2.24, 2.45) is 0 Å². The van der Waals surface area contributed by atoms with E-state index in [0.29, 0.717) is 24.4 Å². The predicted octanol–water partition coefficient (Wildman–Crippen LogP) is 4.92. The van der Waals surface area contributed by atoms with E-state index in [0.717, 1.165) is 28.3 Å². The van der Waals surface area contributed by atoms with Crippen LogP contribution in [0.5, 0.6) is 5.75 Å². The van der Waals surface area contributed by atoms with Crippen molar-refractivity contribution < 1.29 is 22.7 Å². The van der Waals surface area contributed by atoms with E-state index in [2.05, 4.69) is 5.32 Å². The lowest BCUT2D eigenvalue weighted by Gasteiger charge is -2.33. The van der Waals surface area contributed by atoms with E-state index in [1.807, 2.05) is 51.1 Å². The Kier molecular flexibility index (Phi) is 11.1. The average Bonchev–Trinajstić information content (AvgIpc) is 2.97. The van der Waals surface area contributed by atoms with Gasteiger partial charge in [0.2, 0.25) is 11.8 Å². The summed E-state index contributed by atoms with van der Waals surface area (Å²) in [6.45, 7) is 6.01. The molecule has 0 aromatic heterocycles. The fourth-order valence-corrected chi connectivity index (χ4v) is 5.73. The molecule has 0 fully saturated rings. The lowest BCUT2D eigenvalue weighted by Crippen LogP contribution is -2.52. The second-order valence-corrected chi connectivity index (χ2v) is 11.5. The summed E-state index contributed by atoms with van der Waals surface area (Å²) in [7, 11) is -2.63. The highest BCUT2D eigenvalue weighted by molar-refractivity contribution is 7.92. The van der Waals surface area contributed by atoms with Crippen LogP contribution in [-0.2, 0) is 26.2 Å². The summed E-state index contributed by atoms with van der Waals surface area (Å²) in [5, 5.41) is 2.94. The van der Waals surface area contributed by atoms with Gasteiger partial charge in [-0.15, -0.1) is 0 Å². The third kappa shape index (κ3) is 7.85. The molecule has 3 aromatic carbocycles. The number of hydrogen-bond acceptors (Lipinski definition) is 5. The molecule has 3 aromatic rings. The number of benzene rings is 3. The van der Waals surface area contributed by atoms with Gasteiger partial charge in [-0.2, -0.15) is 0 Å². The van der Waals surface area contributed by atoms with Crippen LogP contribution in [0.15, 0.2) is 83.8 Å². The summed E-state index contributed by atoms with van der Waals surface area (Å²) >= 11 is 0. The van der Waals surface area contributed by atoms with E-state index in [1.165, 1.54) is 24.1 Å². The second kappa shape index (κ2) is 14.5. The topological polar surface area (TPSA) is 96.0 Å². The van der Waals surface area contributed by atoms with Crippen molar-refractivity contribution in [1.29, 1.82) is 0 Å². The van der Waals surface area contributed by atoms with E-state index in [4.69, 9.17) is 4.74 Å². The molecule has 0 saturated carbocycles. The van der Waals surface area contributed by atoms with Crippen LogP contribution in [0, 0.1) is 6.92 Å². The molecule has 40 heavy (non-hydrogen) atoms. The zero-order chi connectivity index (χ0) is 29.1. The van der Waals surface area contributed by atoms with Crippen LogP contribution in [0.1, 0.15) is 44.2 Å². The van der Waals surface area contributed by atoms with E-state index in [9.17, 15) is 18.0 Å². The molecule has 0 heterocycles. The fourth-order valence-electron chi connectivity index (χ4n) is 4.32. The van der Waals surface area contributed by atoms with E-state index in [-0.39, 0.29) is 17.3 Å². The highest BCUT2D eigenvalue weighted by Gasteiger charge is 2.33. The minimum Gasteiger partial charge on any atom is -0.497 e. The van der Waals surface area contributed by atoms with Crippen LogP contribution < -0.4 is 14.4 Å². The number of nitrogens with zero attached hydrogens (tertiary/aromatic N) is 2. The van der Waals surface area contributed by atoms with Gasteiger partial charge >= 0.3 is 0 Å². The third-order valence-electron chi connectivity index (χ3n) is 6.66. The molecular formula is C31H39N3O5S. The molecule has 0 aliphatic heterocycles. The van der Waals surface area contributed by atoms with Gasteiger partial charge in [0, 0.05) is 13.1 Å². The maximum absolute atomic E-state index is 14.0. The lowest BCUT2D eigenvalue weighted by molar-refractivity contribution is -0.140. The van der Waals surface area contributed by atoms with E-state index in [1.54, 1.807) is 36.4 Å². The Hall–Kier alpha value is -3.85. The molecule has 0 radical (unpaired) electrons. The summed E-state index contributed by atoms with van der Waals surface area (Å²) < 4.78 is 34.1. The van der Waals surface area contributed by atoms with Crippen LogP contribution in [0.2, 0.25) is 0 Å². The summed E-state index contributed by atoms with van der Waals surface area (Å²) in [6, 6.07) is 21.6. The summed E-state index contributed by atoms with van der Waals surface area (Å²) in [4.78, 5) is 28.8. The van der Waals surface area contributed by atoms with Crippen molar-refractivity contribution in [2.75, 3.05) is 24.5 Å². The molecule has 0 bridgehead atoms. The SMILES string of the molecule is CCCCNC(=O)C(CC)N(Cc1ccccc1)C(=O)CN(c1ccc(C)cc1)S(=O)(=O)c1ccc(OC)cc1. The molecule has 2 amide bonds. The molecular weight excluding hydrogens is 526 g/mol. The Morgan fingerprint density at radius 1 is 0.925 bits per heavy atom. The van der Waals surface area contributed by atoms with Crippen LogP contribution in [0.3, 0.4) is 0 Å². The molecule has 8 nitrogen and oxygen atoms in total. The number of ether oxygens (including phenoxy) is 1. The van der Waals surface area contributed by atoms with Gasteiger partial charge in [0.05, 0.1) is 17.7 Å². The zero-order valence-corrected chi connectivity index (χ0v) is 24.5. The first-order valence-electron chi connectivity index (χ1n) is 13.6. The maximum atomic E-state index is 14.0. The number of hydrogen-bond donors (Lipinski definition) is 1. The van der Waals surface area contributed by atoms with Gasteiger partial charge in [0.1, 0.15) is 18.3 Å². The van der Waals surface area contributed by atoms with Gasteiger partial charge in [-0.25, -0.2) is 8.42 Å². The second-order valence-electron chi connectivity index (χ2n) is 9.60. The lowest BCUT2D eigenvalue weighted by atomic mass is 10.1. The molecule has 9 heteroatoms. The summed E-state index contributed by atoms with van der Waals surface area (Å²) in [5.41, 5.74) is 2.16. The first-order chi connectivity index (χ1) is 19.2. The van der Waals surface area contributed by atoms with E-state index < -0.39 is 28.5 Å². The van der Waals surface area contributed by atoms with Crippen molar-refractivity contribution in [2.45, 2.75) is 57.5 Å². The van der Waals surface area contributed by atoms with Crippen molar-refractivity contribution in [3.05, 3.63) is 90.0 Å². The van der Waals surface area contributed by atoms with Gasteiger partial charge in [-0.1, -0.05) is 68.3 Å². The van der Waals surface area contributed by atoms with Crippen LogP contribution in [0.25, 0.3) is 0 Å². The molecule has 0 aliphatic rings. The number of amides is 2. The Morgan fingerprint density at radius 2 is 1.57 bits per heavy atom. The summed E-state index contributed by atoms with van der Waals surface area (Å²) in [6.07, 6.45) is 2.14. The van der Waals surface area contributed by atoms with Gasteiger partial charge in [-0.3, -0.25) is 13.9 Å². The minimum absolute atomic E-state index is 0.0284. The van der Waals surface area contributed by atoms with Crippen LogP contribution in [-0.4, -0.2) is 51.4 Å². The normalized spacial score (nSPS) is 11.9.